The number of fused-ring (bicyclic) bond motifs is 2. The second kappa shape index (κ2) is 7.53. The van der Waals surface area contributed by atoms with Crippen LogP contribution in [0, 0.1) is 0 Å². The number of carbonyl (C=O) groups excluding carboxylic acids is 3. The molecule has 1 saturated carbocycles. The maximum atomic E-state index is 13.0. The molecule has 0 unspecified atom stereocenters. The van der Waals surface area contributed by atoms with Crippen molar-refractivity contribution in [3.8, 4) is 0 Å². The van der Waals surface area contributed by atoms with Crippen molar-refractivity contribution in [2.75, 3.05) is 18.5 Å². The highest BCUT2D eigenvalue weighted by Gasteiger charge is 2.38. The summed E-state index contributed by atoms with van der Waals surface area (Å²) in [4.78, 5) is 42.4. The fraction of sp³-hybridized carbons (Fsp3) is 0.400. The standard InChI is InChI=1S/C25H25N3O4/c29-23(26-22-5-1-3-16-12-27(14-21(16)22)17-7-8-17)15-6-9-19-20(11-15)25(31)28(24(19)30)13-18-4-2-10-32-18/h1,3,5-6,9,11,17-18H,2,4,7-8,10,12-14H2,(H,26,29)/t18-/m1/s1. The van der Waals surface area contributed by atoms with Gasteiger partial charge >= 0.3 is 0 Å². The molecule has 3 aliphatic heterocycles. The number of hydrogen-bond donors (Lipinski definition) is 1. The Bertz CT molecular complexity index is 1130. The highest BCUT2D eigenvalue weighted by atomic mass is 16.5. The third-order valence-electron chi connectivity index (χ3n) is 6.96. The molecule has 2 fully saturated rings. The third kappa shape index (κ3) is 3.32. The van der Waals surface area contributed by atoms with E-state index in [1.165, 1.54) is 28.9 Å². The van der Waals surface area contributed by atoms with Crippen LogP contribution in [0.4, 0.5) is 5.69 Å². The summed E-state index contributed by atoms with van der Waals surface area (Å²) < 4.78 is 5.59. The van der Waals surface area contributed by atoms with Crippen molar-refractivity contribution >= 4 is 23.4 Å². The Morgan fingerprint density at radius 3 is 2.66 bits per heavy atom. The second-order valence-corrected chi connectivity index (χ2v) is 9.15. The Morgan fingerprint density at radius 2 is 1.88 bits per heavy atom. The van der Waals surface area contributed by atoms with Crippen molar-refractivity contribution in [1.82, 2.24) is 9.80 Å². The molecule has 2 aromatic rings. The molecule has 2 aromatic carbocycles. The highest BCUT2D eigenvalue weighted by Crippen LogP contribution is 2.37. The third-order valence-corrected chi connectivity index (χ3v) is 6.96. The van der Waals surface area contributed by atoms with Gasteiger partial charge in [0.15, 0.2) is 0 Å². The van der Waals surface area contributed by atoms with Gasteiger partial charge in [-0.15, -0.1) is 0 Å². The molecule has 1 N–H and O–H groups in total. The first-order valence-corrected chi connectivity index (χ1v) is 11.4. The van der Waals surface area contributed by atoms with E-state index in [0.29, 0.717) is 29.3 Å². The summed E-state index contributed by atoms with van der Waals surface area (Å²) in [5.74, 6) is -0.937. The Labute approximate surface area is 186 Å². The summed E-state index contributed by atoms with van der Waals surface area (Å²) in [5, 5.41) is 3.03. The number of carbonyl (C=O) groups is 3. The van der Waals surface area contributed by atoms with E-state index in [4.69, 9.17) is 4.74 Å². The van der Waals surface area contributed by atoms with E-state index in [1.807, 2.05) is 12.1 Å². The molecule has 1 aliphatic carbocycles. The van der Waals surface area contributed by atoms with E-state index < -0.39 is 0 Å². The van der Waals surface area contributed by atoms with Crippen molar-refractivity contribution in [2.24, 2.45) is 0 Å². The number of hydrogen-bond acceptors (Lipinski definition) is 5. The van der Waals surface area contributed by atoms with E-state index >= 15 is 0 Å². The lowest BCUT2D eigenvalue weighted by molar-refractivity contribution is 0.0475. The van der Waals surface area contributed by atoms with Gasteiger partial charge in [-0.2, -0.15) is 0 Å². The molecule has 0 radical (unpaired) electrons. The van der Waals surface area contributed by atoms with Gasteiger partial charge in [-0.1, -0.05) is 12.1 Å². The van der Waals surface area contributed by atoms with Gasteiger partial charge in [-0.3, -0.25) is 24.2 Å². The van der Waals surface area contributed by atoms with Gasteiger partial charge in [-0.25, -0.2) is 0 Å². The van der Waals surface area contributed by atoms with Crippen molar-refractivity contribution in [3.63, 3.8) is 0 Å². The molecule has 0 spiro atoms. The largest absolute Gasteiger partial charge is 0.376 e. The minimum absolute atomic E-state index is 0.102. The van der Waals surface area contributed by atoms with E-state index in [-0.39, 0.29) is 30.4 Å². The van der Waals surface area contributed by atoms with Crippen LogP contribution in [0.5, 0.6) is 0 Å². The summed E-state index contributed by atoms with van der Waals surface area (Å²) in [7, 11) is 0. The summed E-state index contributed by atoms with van der Waals surface area (Å²) in [6, 6.07) is 11.4. The number of benzene rings is 2. The van der Waals surface area contributed by atoms with E-state index in [9.17, 15) is 14.4 Å². The first-order chi connectivity index (χ1) is 15.6. The van der Waals surface area contributed by atoms with Crippen LogP contribution in [0.25, 0.3) is 0 Å². The van der Waals surface area contributed by atoms with Gasteiger partial charge in [0.1, 0.15) is 0 Å². The molecular weight excluding hydrogens is 406 g/mol. The van der Waals surface area contributed by atoms with E-state index in [0.717, 1.165) is 31.6 Å². The zero-order valence-electron chi connectivity index (χ0n) is 17.8. The maximum Gasteiger partial charge on any atom is 0.261 e. The van der Waals surface area contributed by atoms with E-state index in [1.54, 1.807) is 18.2 Å². The fourth-order valence-corrected chi connectivity index (χ4v) is 5.05. The van der Waals surface area contributed by atoms with Crippen molar-refractivity contribution in [1.29, 1.82) is 0 Å². The predicted octanol–water partition coefficient (Wildman–Crippen LogP) is 3.19. The lowest BCUT2D eigenvalue weighted by Crippen LogP contribution is -2.36. The summed E-state index contributed by atoms with van der Waals surface area (Å²) in [5.41, 5.74) is 4.26. The van der Waals surface area contributed by atoms with Crippen LogP contribution in [-0.2, 0) is 17.8 Å². The Balaban J connectivity index is 1.21. The van der Waals surface area contributed by atoms with Crippen LogP contribution in [0.1, 0.15) is 67.9 Å². The molecule has 3 heterocycles. The fourth-order valence-electron chi connectivity index (χ4n) is 5.05. The minimum Gasteiger partial charge on any atom is -0.376 e. The number of nitrogens with one attached hydrogen (secondary N) is 1. The number of imide groups is 1. The van der Waals surface area contributed by atoms with Crippen LogP contribution in [0.2, 0.25) is 0 Å². The second-order valence-electron chi connectivity index (χ2n) is 9.15. The monoisotopic (exact) mass is 431 g/mol. The Morgan fingerprint density at radius 1 is 1.03 bits per heavy atom. The lowest BCUT2D eigenvalue weighted by Gasteiger charge is -2.17. The van der Waals surface area contributed by atoms with Gasteiger partial charge in [0.25, 0.3) is 17.7 Å². The van der Waals surface area contributed by atoms with Crippen LogP contribution in [0.15, 0.2) is 36.4 Å². The van der Waals surface area contributed by atoms with Crippen molar-refractivity contribution in [2.45, 2.75) is 50.9 Å². The quantitative estimate of drug-likeness (QED) is 0.736. The molecule has 3 amide bonds. The summed E-state index contributed by atoms with van der Waals surface area (Å²) in [6.45, 7) is 2.72. The average Bonchev–Trinajstić information content (AvgIpc) is 3.25. The van der Waals surface area contributed by atoms with Crippen LogP contribution in [0.3, 0.4) is 0 Å². The molecule has 1 atom stereocenters. The molecule has 164 valence electrons. The van der Waals surface area contributed by atoms with Gasteiger partial charge < -0.3 is 10.1 Å². The van der Waals surface area contributed by atoms with Crippen molar-refractivity contribution in [3.05, 3.63) is 64.2 Å². The SMILES string of the molecule is O=C(Nc1cccc2c1CN(C1CC1)C2)c1ccc2c(c1)C(=O)N(C[C@H]1CCCO1)C2=O. The first kappa shape index (κ1) is 19.6. The number of ether oxygens (including phenoxy) is 1. The predicted molar refractivity (Wildman–Crippen MR) is 117 cm³/mol. The molecule has 6 rings (SSSR count). The smallest absolute Gasteiger partial charge is 0.261 e. The molecule has 32 heavy (non-hydrogen) atoms. The molecule has 0 aromatic heterocycles. The lowest BCUT2D eigenvalue weighted by atomic mass is 10.0. The molecule has 1 saturated heterocycles. The number of rotatable bonds is 5. The molecule has 7 heteroatoms. The maximum absolute atomic E-state index is 13.0. The summed E-state index contributed by atoms with van der Waals surface area (Å²) >= 11 is 0. The Kier molecular flexibility index (Phi) is 4.62. The zero-order valence-corrected chi connectivity index (χ0v) is 17.8. The highest BCUT2D eigenvalue weighted by molar-refractivity contribution is 6.22. The number of amides is 3. The van der Waals surface area contributed by atoms with Gasteiger partial charge in [-0.05, 0) is 61.1 Å². The number of nitrogens with zero attached hydrogens (tertiary/aromatic N) is 2. The topological polar surface area (TPSA) is 79.0 Å². The van der Waals surface area contributed by atoms with Crippen LogP contribution >= 0.6 is 0 Å². The Hall–Kier alpha value is -3.03. The van der Waals surface area contributed by atoms with Crippen LogP contribution in [-0.4, -0.2) is 52.8 Å². The van der Waals surface area contributed by atoms with Gasteiger partial charge in [0.05, 0.1) is 23.8 Å². The minimum atomic E-state index is -0.351. The first-order valence-electron chi connectivity index (χ1n) is 11.4. The summed E-state index contributed by atoms with van der Waals surface area (Å²) in [6.07, 6.45) is 4.19. The normalized spacial score (nSPS) is 22.4. The van der Waals surface area contributed by atoms with Crippen LogP contribution < -0.4 is 5.32 Å². The molecule has 0 bridgehead atoms. The van der Waals surface area contributed by atoms with E-state index in [2.05, 4.69) is 16.3 Å². The molecule has 4 aliphatic rings. The zero-order chi connectivity index (χ0) is 21.8. The molecule has 7 nitrogen and oxygen atoms in total. The van der Waals surface area contributed by atoms with Gasteiger partial charge in [0.2, 0.25) is 0 Å². The average molecular weight is 431 g/mol. The van der Waals surface area contributed by atoms with Gasteiger partial charge in [0, 0.05) is 37.0 Å². The van der Waals surface area contributed by atoms with Crippen molar-refractivity contribution < 1.29 is 19.1 Å². The molecular formula is C25H25N3O4. The number of anilines is 1.